The first-order valence-electron chi connectivity index (χ1n) is 8.01. The lowest BCUT2D eigenvalue weighted by Crippen LogP contribution is -2.22. The smallest absolute Gasteiger partial charge is 0.245 e. The molecule has 0 fully saturated rings. The number of rotatable bonds is 5. The standard InChI is InChI=1S/C17H17N7O2/c1-23(2)16-17(19-15-14(18-16)21-26-22-15)24(3)10-12-9-13(20-25-12)11-7-5-4-6-8-11/h4-9H,10H2,1-3H3. The molecule has 1 aromatic carbocycles. The minimum atomic E-state index is 0.361. The molecular weight excluding hydrogens is 334 g/mol. The van der Waals surface area contributed by atoms with E-state index in [1.807, 2.05) is 67.3 Å². The molecule has 0 saturated carbocycles. The number of anilines is 2. The second kappa shape index (κ2) is 6.43. The first-order valence-corrected chi connectivity index (χ1v) is 8.01. The largest absolute Gasteiger partial charge is 0.360 e. The molecule has 0 N–H and O–H groups in total. The molecule has 0 radical (unpaired) electrons. The highest BCUT2D eigenvalue weighted by Crippen LogP contribution is 2.27. The summed E-state index contributed by atoms with van der Waals surface area (Å²) in [5.74, 6) is 2.03. The third-order valence-corrected chi connectivity index (χ3v) is 3.88. The molecule has 0 atom stereocenters. The summed E-state index contributed by atoms with van der Waals surface area (Å²) in [6, 6.07) is 11.8. The number of aromatic nitrogens is 5. The molecule has 0 saturated heterocycles. The maximum absolute atomic E-state index is 5.48. The molecule has 0 aliphatic rings. The number of fused-ring (bicyclic) bond motifs is 1. The van der Waals surface area contributed by atoms with Crippen LogP contribution in [0.5, 0.6) is 0 Å². The normalized spacial score (nSPS) is 11.0. The number of nitrogens with zero attached hydrogens (tertiary/aromatic N) is 7. The Morgan fingerprint density at radius 3 is 2.27 bits per heavy atom. The summed E-state index contributed by atoms with van der Waals surface area (Å²) in [4.78, 5) is 12.8. The highest BCUT2D eigenvalue weighted by atomic mass is 16.6. The summed E-state index contributed by atoms with van der Waals surface area (Å²) < 4.78 is 10.2. The van der Waals surface area contributed by atoms with Gasteiger partial charge in [0, 0.05) is 32.8 Å². The minimum absolute atomic E-state index is 0.361. The second-order valence-corrected chi connectivity index (χ2v) is 6.08. The topological polar surface area (TPSA) is 97.2 Å². The van der Waals surface area contributed by atoms with E-state index in [1.54, 1.807) is 0 Å². The Morgan fingerprint density at radius 2 is 1.58 bits per heavy atom. The molecule has 0 aliphatic heterocycles. The van der Waals surface area contributed by atoms with E-state index in [-0.39, 0.29) is 0 Å². The van der Waals surface area contributed by atoms with Gasteiger partial charge in [0.1, 0.15) is 5.69 Å². The molecule has 9 nitrogen and oxygen atoms in total. The Balaban J connectivity index is 1.62. The lowest BCUT2D eigenvalue weighted by Gasteiger charge is -2.21. The molecular formula is C17H17N7O2. The van der Waals surface area contributed by atoms with Gasteiger partial charge in [0.15, 0.2) is 17.4 Å². The van der Waals surface area contributed by atoms with Gasteiger partial charge in [0.05, 0.1) is 6.54 Å². The average Bonchev–Trinajstić information content (AvgIpc) is 3.30. The highest BCUT2D eigenvalue weighted by Gasteiger charge is 2.19. The molecule has 0 bridgehead atoms. The van der Waals surface area contributed by atoms with Crippen LogP contribution in [0.15, 0.2) is 45.6 Å². The zero-order valence-corrected chi connectivity index (χ0v) is 14.6. The van der Waals surface area contributed by atoms with Gasteiger partial charge in [-0.1, -0.05) is 35.5 Å². The molecule has 0 amide bonds. The monoisotopic (exact) mass is 351 g/mol. The van der Waals surface area contributed by atoms with Gasteiger partial charge in [0.25, 0.3) is 0 Å². The van der Waals surface area contributed by atoms with Crippen molar-refractivity contribution in [1.29, 1.82) is 0 Å². The number of hydrogen-bond donors (Lipinski definition) is 0. The quantitative estimate of drug-likeness (QED) is 0.536. The Kier molecular flexibility index (Phi) is 3.96. The van der Waals surface area contributed by atoms with Crippen molar-refractivity contribution in [2.75, 3.05) is 30.9 Å². The van der Waals surface area contributed by atoms with Crippen LogP contribution in [0.1, 0.15) is 5.76 Å². The SMILES string of the molecule is CN(C)c1nc2nonc2nc1N(C)Cc1cc(-c2ccccc2)no1. The van der Waals surface area contributed by atoms with Crippen molar-refractivity contribution in [1.82, 2.24) is 25.4 Å². The van der Waals surface area contributed by atoms with Crippen LogP contribution in [-0.2, 0) is 6.54 Å². The van der Waals surface area contributed by atoms with E-state index in [0.717, 1.165) is 17.0 Å². The van der Waals surface area contributed by atoms with Crippen LogP contribution >= 0.6 is 0 Å². The molecule has 4 rings (SSSR count). The van der Waals surface area contributed by atoms with E-state index < -0.39 is 0 Å². The summed E-state index contributed by atoms with van der Waals surface area (Å²) in [5.41, 5.74) is 2.54. The lowest BCUT2D eigenvalue weighted by atomic mass is 10.1. The van der Waals surface area contributed by atoms with Crippen molar-refractivity contribution >= 4 is 22.9 Å². The van der Waals surface area contributed by atoms with Crippen LogP contribution in [0.25, 0.3) is 22.6 Å². The maximum atomic E-state index is 5.48. The fourth-order valence-corrected chi connectivity index (χ4v) is 2.62. The highest BCUT2D eigenvalue weighted by molar-refractivity contribution is 5.74. The van der Waals surface area contributed by atoms with E-state index in [4.69, 9.17) is 9.15 Å². The molecule has 3 heterocycles. The third-order valence-electron chi connectivity index (χ3n) is 3.88. The lowest BCUT2D eigenvalue weighted by molar-refractivity contribution is 0.314. The fraction of sp³-hybridized carbons (Fsp3) is 0.235. The molecule has 0 unspecified atom stereocenters. The van der Waals surface area contributed by atoms with Crippen LogP contribution < -0.4 is 9.80 Å². The Bertz CT molecular complexity index is 1030. The van der Waals surface area contributed by atoms with Crippen molar-refractivity contribution in [3.05, 3.63) is 42.2 Å². The van der Waals surface area contributed by atoms with Gasteiger partial charge in [-0.05, 0) is 10.3 Å². The van der Waals surface area contributed by atoms with Gasteiger partial charge in [-0.3, -0.25) is 0 Å². The maximum Gasteiger partial charge on any atom is 0.245 e. The fourth-order valence-electron chi connectivity index (χ4n) is 2.62. The van der Waals surface area contributed by atoms with Crippen LogP contribution in [0.2, 0.25) is 0 Å². The van der Waals surface area contributed by atoms with Crippen LogP contribution in [0.4, 0.5) is 11.6 Å². The number of benzene rings is 1. The van der Waals surface area contributed by atoms with Gasteiger partial charge in [0.2, 0.25) is 11.3 Å². The van der Waals surface area contributed by atoms with Gasteiger partial charge in [-0.25, -0.2) is 14.6 Å². The van der Waals surface area contributed by atoms with Crippen molar-refractivity contribution in [2.45, 2.75) is 6.54 Å². The first-order chi connectivity index (χ1) is 12.6. The summed E-state index contributed by atoms with van der Waals surface area (Å²) in [5, 5.41) is 11.7. The zero-order chi connectivity index (χ0) is 18.1. The van der Waals surface area contributed by atoms with Crippen molar-refractivity contribution < 1.29 is 9.15 Å². The average molecular weight is 351 g/mol. The molecule has 4 aromatic rings. The summed E-state index contributed by atoms with van der Waals surface area (Å²) >= 11 is 0. The van der Waals surface area contributed by atoms with Crippen LogP contribution in [0.3, 0.4) is 0 Å². The van der Waals surface area contributed by atoms with Gasteiger partial charge in [-0.2, -0.15) is 0 Å². The predicted octanol–water partition coefficient (Wildman–Crippen LogP) is 2.37. The van der Waals surface area contributed by atoms with Crippen molar-refractivity contribution in [3.8, 4) is 11.3 Å². The Labute approximate surface area is 149 Å². The molecule has 26 heavy (non-hydrogen) atoms. The summed E-state index contributed by atoms with van der Waals surface area (Å²) in [7, 11) is 5.69. The second-order valence-electron chi connectivity index (χ2n) is 6.08. The van der Waals surface area contributed by atoms with Gasteiger partial charge >= 0.3 is 0 Å². The third kappa shape index (κ3) is 2.94. The molecule has 0 spiro atoms. The summed E-state index contributed by atoms with van der Waals surface area (Å²) in [6.07, 6.45) is 0. The van der Waals surface area contributed by atoms with Crippen molar-refractivity contribution in [2.24, 2.45) is 0 Å². The predicted molar refractivity (Wildman–Crippen MR) is 95.8 cm³/mol. The first kappa shape index (κ1) is 16.0. The van der Waals surface area contributed by atoms with E-state index in [9.17, 15) is 0 Å². The minimum Gasteiger partial charge on any atom is -0.360 e. The Hall–Kier alpha value is -3.49. The number of hydrogen-bond acceptors (Lipinski definition) is 9. The van der Waals surface area contributed by atoms with Crippen LogP contribution in [-0.4, -0.2) is 46.6 Å². The van der Waals surface area contributed by atoms with E-state index >= 15 is 0 Å². The molecule has 3 aromatic heterocycles. The molecule has 0 aliphatic carbocycles. The summed E-state index contributed by atoms with van der Waals surface area (Å²) in [6.45, 7) is 0.478. The van der Waals surface area contributed by atoms with Gasteiger partial charge in [-0.15, -0.1) is 0 Å². The van der Waals surface area contributed by atoms with Crippen LogP contribution in [0, 0.1) is 0 Å². The van der Waals surface area contributed by atoms with E-state index in [0.29, 0.717) is 29.5 Å². The van der Waals surface area contributed by atoms with Gasteiger partial charge < -0.3 is 14.3 Å². The van der Waals surface area contributed by atoms with Crippen molar-refractivity contribution in [3.63, 3.8) is 0 Å². The molecule has 132 valence electrons. The van der Waals surface area contributed by atoms with E-state index in [1.165, 1.54) is 0 Å². The zero-order valence-electron chi connectivity index (χ0n) is 14.6. The van der Waals surface area contributed by atoms with E-state index in [2.05, 4.69) is 25.4 Å². The Morgan fingerprint density at radius 1 is 0.885 bits per heavy atom. The molecule has 9 heteroatoms.